The van der Waals surface area contributed by atoms with Crippen molar-refractivity contribution in [2.24, 2.45) is 56.7 Å². The van der Waals surface area contributed by atoms with Crippen LogP contribution >= 0.6 is 0 Å². The van der Waals surface area contributed by atoms with E-state index >= 15 is 0 Å². The maximum absolute atomic E-state index is 14.3. The van der Waals surface area contributed by atoms with Gasteiger partial charge in [-0.25, -0.2) is 4.79 Å². The van der Waals surface area contributed by atoms with Gasteiger partial charge in [0.15, 0.2) is 5.78 Å². The van der Waals surface area contributed by atoms with Crippen molar-refractivity contribution in [1.29, 1.82) is 0 Å². The van der Waals surface area contributed by atoms with Crippen LogP contribution in [0.1, 0.15) is 141 Å². The highest BCUT2D eigenvalue weighted by atomic mass is 16.4. The molecule has 4 saturated carbocycles. The van der Waals surface area contributed by atoms with Crippen molar-refractivity contribution in [2.75, 3.05) is 32.7 Å². The van der Waals surface area contributed by atoms with E-state index in [0.717, 1.165) is 101 Å². The molecule has 8 atom stereocenters. The highest BCUT2D eigenvalue weighted by Crippen LogP contribution is 2.77. The molecule has 1 amide bonds. The van der Waals surface area contributed by atoms with Crippen LogP contribution in [0.25, 0.3) is 5.57 Å². The third kappa shape index (κ3) is 6.05. The summed E-state index contributed by atoms with van der Waals surface area (Å²) >= 11 is 0. The Labute approximate surface area is 330 Å². The smallest absolute Gasteiger partial charge is 0.335 e. The molecule has 0 bridgehead atoms. The zero-order valence-electron chi connectivity index (χ0n) is 34.9. The highest BCUT2D eigenvalue weighted by Gasteiger charge is 2.70. The number of likely N-dealkylation sites (tertiary alicyclic amines) is 1. The topological polar surface area (TPSA) is 98.2 Å². The first-order valence-corrected chi connectivity index (χ1v) is 22.0. The predicted molar refractivity (Wildman–Crippen MR) is 217 cm³/mol. The summed E-state index contributed by atoms with van der Waals surface area (Å²) in [5.74, 6) is 1.39. The largest absolute Gasteiger partial charge is 0.478 e. The standard InChI is InChI=1S/C48H68N2O5/c1-30(2)41-36(51)26-48(39(52)28-50(27-31-10-11-31)40(53)29-49-24-8-9-25-49)23-22-46(6)35(42(41)48)16-17-38-45(5)20-18-34(32-12-14-33(15-13-32)43(54)55)44(3,4)37(45)19-21-47(38,46)7/h12-15,18,30-31,35,37-39,52H,8-11,16-17,19-29H2,1-7H3,(H,54,55)/t35-,37-,38-,39+,45+,46-,47-,48+/m1/s1. The van der Waals surface area contributed by atoms with Crippen LogP contribution in [0.3, 0.4) is 0 Å². The number of rotatable bonds is 10. The molecular formula is C48H68N2O5. The molecule has 55 heavy (non-hydrogen) atoms. The average Bonchev–Trinajstić information content (AvgIpc) is 3.68. The van der Waals surface area contributed by atoms with Crippen LogP contribution < -0.4 is 0 Å². The van der Waals surface area contributed by atoms with Crippen molar-refractivity contribution in [3.05, 3.63) is 52.6 Å². The van der Waals surface area contributed by atoms with Crippen molar-refractivity contribution in [1.82, 2.24) is 9.80 Å². The minimum atomic E-state index is -0.891. The molecule has 7 aliphatic rings. The molecule has 1 aromatic carbocycles. The number of amides is 1. The monoisotopic (exact) mass is 753 g/mol. The first-order valence-electron chi connectivity index (χ1n) is 22.0. The van der Waals surface area contributed by atoms with Crippen molar-refractivity contribution in [2.45, 2.75) is 132 Å². The van der Waals surface area contributed by atoms with Gasteiger partial charge >= 0.3 is 5.97 Å². The Hall–Kier alpha value is -2.77. The normalized spacial score (nSPS) is 37.5. The number of carbonyl (C=O) groups is 3. The summed E-state index contributed by atoms with van der Waals surface area (Å²) < 4.78 is 0. The summed E-state index contributed by atoms with van der Waals surface area (Å²) in [4.78, 5) is 44.1. The van der Waals surface area contributed by atoms with Gasteiger partial charge in [-0.05, 0) is 164 Å². The number of Topliss-reactive ketones (excluding diaryl/α,β-unsaturated/α-hetero) is 1. The number of aliphatic hydroxyl groups excluding tert-OH is 1. The van der Waals surface area contributed by atoms with Gasteiger partial charge in [0.1, 0.15) is 0 Å². The maximum atomic E-state index is 14.3. The molecule has 0 spiro atoms. The Morgan fingerprint density at radius 2 is 1.58 bits per heavy atom. The Morgan fingerprint density at radius 1 is 0.891 bits per heavy atom. The van der Waals surface area contributed by atoms with Gasteiger partial charge in [0.25, 0.3) is 0 Å². The fourth-order valence-electron chi connectivity index (χ4n) is 14.5. The van der Waals surface area contributed by atoms with Crippen LogP contribution in [0, 0.1) is 56.7 Å². The molecular weight excluding hydrogens is 685 g/mol. The number of benzene rings is 1. The first-order chi connectivity index (χ1) is 26.0. The number of hydrogen-bond donors (Lipinski definition) is 2. The van der Waals surface area contributed by atoms with Gasteiger partial charge in [-0.1, -0.05) is 72.2 Å². The van der Waals surface area contributed by atoms with Gasteiger partial charge < -0.3 is 15.1 Å². The third-order valence-corrected chi connectivity index (χ3v) is 17.6. The number of hydrogen-bond acceptors (Lipinski definition) is 5. The molecule has 0 unspecified atom stereocenters. The quantitative estimate of drug-likeness (QED) is 0.248. The van der Waals surface area contributed by atoms with E-state index in [9.17, 15) is 24.6 Å². The average molecular weight is 753 g/mol. The molecule has 1 aliphatic heterocycles. The Balaban J connectivity index is 1.11. The van der Waals surface area contributed by atoms with Gasteiger partial charge in [0, 0.05) is 24.9 Å². The van der Waals surface area contributed by atoms with Crippen LogP contribution in [0.15, 0.2) is 41.5 Å². The molecule has 6 aliphatic carbocycles. The summed E-state index contributed by atoms with van der Waals surface area (Å²) in [7, 11) is 0. The van der Waals surface area contributed by atoms with Crippen molar-refractivity contribution in [3.8, 4) is 0 Å². The molecule has 5 fully saturated rings. The summed E-state index contributed by atoms with van der Waals surface area (Å²) in [6.07, 6.45) is 14.0. The number of nitrogens with zero attached hydrogens (tertiary/aromatic N) is 2. The van der Waals surface area contributed by atoms with E-state index in [1.54, 1.807) is 12.1 Å². The van der Waals surface area contributed by atoms with Crippen molar-refractivity contribution in [3.63, 3.8) is 0 Å². The summed E-state index contributed by atoms with van der Waals surface area (Å²) in [6, 6.07) is 7.49. The lowest BCUT2D eigenvalue weighted by atomic mass is 9.33. The number of ketones is 1. The fraction of sp³-hybridized carbons (Fsp3) is 0.729. The summed E-state index contributed by atoms with van der Waals surface area (Å²) in [6.45, 7) is 20.4. The molecule has 7 heteroatoms. The maximum Gasteiger partial charge on any atom is 0.335 e. The number of carboxylic acids is 1. The van der Waals surface area contributed by atoms with Crippen molar-refractivity contribution >= 4 is 23.2 Å². The number of allylic oxidation sites excluding steroid dienone is 3. The van der Waals surface area contributed by atoms with E-state index in [2.05, 4.69) is 59.4 Å². The van der Waals surface area contributed by atoms with E-state index in [-0.39, 0.29) is 45.2 Å². The lowest BCUT2D eigenvalue weighted by Crippen LogP contribution is -2.64. The van der Waals surface area contributed by atoms with E-state index < -0.39 is 17.5 Å². The molecule has 300 valence electrons. The van der Waals surface area contributed by atoms with Gasteiger partial charge in [0.2, 0.25) is 5.91 Å². The van der Waals surface area contributed by atoms with Crippen LogP contribution in [-0.2, 0) is 9.59 Å². The van der Waals surface area contributed by atoms with Crippen molar-refractivity contribution < 1.29 is 24.6 Å². The summed E-state index contributed by atoms with van der Waals surface area (Å²) in [5.41, 5.74) is 4.61. The second kappa shape index (κ2) is 13.7. The van der Waals surface area contributed by atoms with E-state index in [1.807, 2.05) is 17.0 Å². The minimum absolute atomic E-state index is 0.00667. The molecule has 1 saturated heterocycles. The number of carboxylic acid groups (broad SMARTS) is 1. The van der Waals surface area contributed by atoms with E-state index in [0.29, 0.717) is 42.8 Å². The Kier molecular flexibility index (Phi) is 9.71. The van der Waals surface area contributed by atoms with Gasteiger partial charge in [0.05, 0.1) is 18.2 Å². The van der Waals surface area contributed by atoms with Crippen LogP contribution in [0.5, 0.6) is 0 Å². The molecule has 1 heterocycles. The Bertz CT molecular complexity index is 1780. The SMILES string of the molecule is CC(C)C1=C2[C@H]3CC[C@@H]4[C@@]5(C)CC=C(c6ccc(C(=O)O)cc6)C(C)(C)[C@H]5CC[C@@]4(C)[C@]3(C)CC[C@@]2([C@@H](O)CN(CC2CC2)C(=O)CN2CCCC2)CC1=O. The first kappa shape index (κ1) is 39.1. The zero-order chi connectivity index (χ0) is 39.3. The molecule has 1 aromatic rings. The Morgan fingerprint density at radius 3 is 2.22 bits per heavy atom. The lowest BCUT2D eigenvalue weighted by Gasteiger charge is -2.71. The van der Waals surface area contributed by atoms with Crippen LogP contribution in [0.4, 0.5) is 0 Å². The van der Waals surface area contributed by atoms with Gasteiger partial charge in [-0.15, -0.1) is 0 Å². The van der Waals surface area contributed by atoms with E-state index in [4.69, 9.17) is 0 Å². The van der Waals surface area contributed by atoms with Gasteiger partial charge in [-0.3, -0.25) is 14.5 Å². The lowest BCUT2D eigenvalue weighted by molar-refractivity contribution is -0.200. The third-order valence-electron chi connectivity index (χ3n) is 17.6. The molecule has 8 rings (SSSR count). The molecule has 0 radical (unpaired) electrons. The fourth-order valence-corrected chi connectivity index (χ4v) is 14.5. The van der Waals surface area contributed by atoms with Gasteiger partial charge in [-0.2, -0.15) is 0 Å². The zero-order valence-corrected chi connectivity index (χ0v) is 34.9. The number of fused-ring (bicyclic) bond motifs is 7. The molecule has 7 nitrogen and oxygen atoms in total. The number of aromatic carboxylic acids is 1. The number of aliphatic hydroxyl groups is 1. The highest BCUT2D eigenvalue weighted by molar-refractivity contribution is 6.01. The predicted octanol–water partition coefficient (Wildman–Crippen LogP) is 9.05. The molecule has 0 aromatic heterocycles. The van der Waals surface area contributed by atoms with E-state index in [1.165, 1.54) is 11.1 Å². The van der Waals surface area contributed by atoms with Crippen LogP contribution in [-0.4, -0.2) is 76.5 Å². The minimum Gasteiger partial charge on any atom is -0.478 e. The second-order valence-electron chi connectivity index (χ2n) is 21.0. The molecule has 2 N–H and O–H groups in total. The number of carbonyl (C=O) groups excluding carboxylic acids is 2. The summed E-state index contributed by atoms with van der Waals surface area (Å²) in [5, 5.41) is 22.1. The second-order valence-corrected chi connectivity index (χ2v) is 21.0. The van der Waals surface area contributed by atoms with Crippen LogP contribution in [0.2, 0.25) is 0 Å².